The molecule has 1 aromatic heterocycles. The maximum absolute atomic E-state index is 11.9. The maximum Gasteiger partial charge on any atom is 0.219 e. The summed E-state index contributed by atoms with van der Waals surface area (Å²) in [5, 5.41) is 22.6. The van der Waals surface area contributed by atoms with Gasteiger partial charge in [-0.25, -0.2) is 0 Å². The number of rotatable bonds is 8. The Morgan fingerprint density at radius 3 is 2.16 bits per heavy atom. The summed E-state index contributed by atoms with van der Waals surface area (Å²) in [5.74, 6) is 0.128. The Bertz CT molecular complexity index is 1210. The number of hydrogen-bond donors (Lipinski definition) is 3. The van der Waals surface area contributed by atoms with Crippen molar-refractivity contribution in [3.05, 3.63) is 83.9 Å². The summed E-state index contributed by atoms with van der Waals surface area (Å²) < 4.78 is 12.7. The predicted octanol–water partition coefficient (Wildman–Crippen LogP) is 4.10. The molecular formula is C25H24N2O5. The van der Waals surface area contributed by atoms with Gasteiger partial charge in [0.1, 0.15) is 6.61 Å². The van der Waals surface area contributed by atoms with Gasteiger partial charge in [-0.05, 0) is 35.4 Å². The third kappa shape index (κ3) is 4.05. The fraction of sp³-hybridized carbons (Fsp3) is 0.160. The van der Waals surface area contributed by atoms with Crippen molar-refractivity contribution < 1.29 is 24.5 Å². The average Bonchev–Trinajstić information content (AvgIpc) is 3.07. The molecule has 7 nitrogen and oxygen atoms in total. The molecule has 32 heavy (non-hydrogen) atoms. The minimum absolute atomic E-state index is 0.129. The molecule has 0 aliphatic carbocycles. The molecule has 1 amide bonds. The molecule has 1 heterocycles. The molecule has 4 aromatic rings. The first kappa shape index (κ1) is 21.1. The second-order valence-electron chi connectivity index (χ2n) is 7.43. The first-order valence-corrected chi connectivity index (χ1v) is 10.1. The quantitative estimate of drug-likeness (QED) is 0.389. The SMILES string of the molecule is COc1cc(C(CC(N)=O)n2c(O)c3ccccc3c2O)ccc1OCc1ccccc1. The predicted molar refractivity (Wildman–Crippen MR) is 121 cm³/mol. The molecule has 4 N–H and O–H groups in total. The Morgan fingerprint density at radius 2 is 1.56 bits per heavy atom. The van der Waals surface area contributed by atoms with E-state index in [4.69, 9.17) is 15.2 Å². The minimum Gasteiger partial charge on any atom is -0.494 e. The van der Waals surface area contributed by atoms with E-state index in [9.17, 15) is 15.0 Å². The fourth-order valence-electron chi connectivity index (χ4n) is 3.82. The normalized spacial score (nSPS) is 11.9. The van der Waals surface area contributed by atoms with Gasteiger partial charge in [0, 0.05) is 10.8 Å². The van der Waals surface area contributed by atoms with E-state index in [0.29, 0.717) is 34.4 Å². The average molecular weight is 432 g/mol. The Morgan fingerprint density at radius 1 is 0.938 bits per heavy atom. The second-order valence-corrected chi connectivity index (χ2v) is 7.43. The molecule has 0 aliphatic rings. The van der Waals surface area contributed by atoms with Crippen molar-refractivity contribution in [2.45, 2.75) is 19.1 Å². The largest absolute Gasteiger partial charge is 0.494 e. The zero-order chi connectivity index (χ0) is 22.7. The third-order valence-electron chi connectivity index (χ3n) is 5.38. The van der Waals surface area contributed by atoms with Crippen molar-refractivity contribution in [2.24, 2.45) is 5.73 Å². The van der Waals surface area contributed by atoms with Gasteiger partial charge in [0.05, 0.1) is 19.6 Å². The first-order chi connectivity index (χ1) is 15.5. The standard InChI is InChI=1S/C25H24N2O5/c1-31-22-13-17(11-12-21(22)32-15-16-7-3-2-4-8-16)20(14-23(26)28)27-24(29)18-9-5-6-10-19(18)25(27)30/h2-13,20,29-30H,14-15H2,1H3,(H2,26,28). The van der Waals surface area contributed by atoms with Crippen molar-refractivity contribution >= 4 is 16.7 Å². The van der Waals surface area contributed by atoms with Gasteiger partial charge in [-0.2, -0.15) is 0 Å². The number of amides is 1. The lowest BCUT2D eigenvalue weighted by atomic mass is 10.0. The molecule has 7 heteroatoms. The number of methoxy groups -OCH3 is 1. The van der Waals surface area contributed by atoms with E-state index in [2.05, 4.69) is 0 Å². The van der Waals surface area contributed by atoms with Crippen molar-refractivity contribution in [3.8, 4) is 23.3 Å². The molecule has 0 bridgehead atoms. The zero-order valence-corrected chi connectivity index (χ0v) is 17.6. The molecule has 0 saturated heterocycles. The minimum atomic E-state index is -0.739. The summed E-state index contributed by atoms with van der Waals surface area (Å²) in [4.78, 5) is 11.9. The van der Waals surface area contributed by atoms with E-state index in [1.54, 1.807) is 42.5 Å². The fourth-order valence-corrected chi connectivity index (χ4v) is 3.82. The summed E-state index contributed by atoms with van der Waals surface area (Å²) in [7, 11) is 1.52. The molecule has 0 radical (unpaired) electrons. The van der Waals surface area contributed by atoms with Crippen molar-refractivity contribution in [1.29, 1.82) is 0 Å². The highest BCUT2D eigenvalue weighted by atomic mass is 16.5. The molecule has 0 spiro atoms. The monoisotopic (exact) mass is 432 g/mol. The molecule has 4 rings (SSSR count). The molecule has 164 valence electrons. The van der Waals surface area contributed by atoms with E-state index >= 15 is 0 Å². The van der Waals surface area contributed by atoms with E-state index in [0.717, 1.165) is 5.56 Å². The van der Waals surface area contributed by atoms with Crippen molar-refractivity contribution in [2.75, 3.05) is 7.11 Å². The number of carbonyl (C=O) groups is 1. The maximum atomic E-state index is 11.9. The van der Waals surface area contributed by atoms with Gasteiger partial charge in [0.25, 0.3) is 0 Å². The molecule has 0 fully saturated rings. The van der Waals surface area contributed by atoms with Crippen LogP contribution in [0.1, 0.15) is 23.6 Å². The summed E-state index contributed by atoms with van der Waals surface area (Å²) in [6.07, 6.45) is -0.129. The number of primary amides is 1. The lowest BCUT2D eigenvalue weighted by Gasteiger charge is -2.21. The number of aromatic nitrogens is 1. The van der Waals surface area contributed by atoms with Crippen LogP contribution in [0.15, 0.2) is 72.8 Å². The lowest BCUT2D eigenvalue weighted by Crippen LogP contribution is -2.20. The smallest absolute Gasteiger partial charge is 0.219 e. The first-order valence-electron chi connectivity index (χ1n) is 10.1. The number of carbonyl (C=O) groups excluding carboxylic acids is 1. The lowest BCUT2D eigenvalue weighted by molar-refractivity contribution is -0.118. The molecular weight excluding hydrogens is 408 g/mol. The zero-order valence-electron chi connectivity index (χ0n) is 17.6. The number of hydrogen-bond acceptors (Lipinski definition) is 5. The van der Waals surface area contributed by atoms with Gasteiger partial charge >= 0.3 is 0 Å². The Kier molecular flexibility index (Phi) is 5.89. The second kappa shape index (κ2) is 8.93. The van der Waals surface area contributed by atoms with E-state index in [-0.39, 0.29) is 18.2 Å². The molecule has 0 saturated carbocycles. The Balaban J connectivity index is 1.72. The van der Waals surface area contributed by atoms with Crippen LogP contribution in [-0.2, 0) is 11.4 Å². The van der Waals surface area contributed by atoms with Crippen LogP contribution in [0, 0.1) is 0 Å². The highest BCUT2D eigenvalue weighted by Crippen LogP contribution is 2.42. The van der Waals surface area contributed by atoms with E-state index in [1.807, 2.05) is 30.3 Å². The van der Waals surface area contributed by atoms with Crippen LogP contribution in [0.2, 0.25) is 0 Å². The van der Waals surface area contributed by atoms with Crippen LogP contribution in [0.3, 0.4) is 0 Å². The molecule has 1 atom stereocenters. The number of nitrogens with two attached hydrogens (primary N) is 1. The van der Waals surface area contributed by atoms with Crippen LogP contribution in [0.5, 0.6) is 23.3 Å². The van der Waals surface area contributed by atoms with Crippen LogP contribution >= 0.6 is 0 Å². The summed E-state index contributed by atoms with van der Waals surface area (Å²) in [5.41, 5.74) is 7.14. The van der Waals surface area contributed by atoms with Crippen LogP contribution in [0.4, 0.5) is 0 Å². The van der Waals surface area contributed by atoms with Gasteiger partial charge in [0.15, 0.2) is 11.5 Å². The topological polar surface area (TPSA) is 107 Å². The summed E-state index contributed by atoms with van der Waals surface area (Å²) >= 11 is 0. The Labute approximate surface area is 185 Å². The number of nitrogens with zero attached hydrogens (tertiary/aromatic N) is 1. The van der Waals surface area contributed by atoms with Gasteiger partial charge in [-0.3, -0.25) is 9.36 Å². The van der Waals surface area contributed by atoms with Crippen LogP contribution in [0.25, 0.3) is 10.8 Å². The summed E-state index contributed by atoms with van der Waals surface area (Å²) in [6.45, 7) is 0.367. The molecule has 3 aromatic carbocycles. The van der Waals surface area contributed by atoms with Crippen molar-refractivity contribution in [3.63, 3.8) is 0 Å². The van der Waals surface area contributed by atoms with Gasteiger partial charge in [0.2, 0.25) is 17.7 Å². The third-order valence-corrected chi connectivity index (χ3v) is 5.38. The van der Waals surface area contributed by atoms with E-state index in [1.165, 1.54) is 11.7 Å². The highest BCUT2D eigenvalue weighted by molar-refractivity contribution is 5.93. The number of ether oxygens (including phenoxy) is 2. The number of benzene rings is 3. The van der Waals surface area contributed by atoms with Gasteiger partial charge < -0.3 is 25.4 Å². The number of fused-ring (bicyclic) bond motifs is 1. The van der Waals surface area contributed by atoms with Gasteiger partial charge in [-0.15, -0.1) is 0 Å². The summed E-state index contributed by atoms with van der Waals surface area (Å²) in [6, 6.07) is 21.1. The van der Waals surface area contributed by atoms with E-state index < -0.39 is 11.9 Å². The van der Waals surface area contributed by atoms with Crippen LogP contribution < -0.4 is 15.2 Å². The van der Waals surface area contributed by atoms with Crippen LogP contribution in [-0.4, -0.2) is 27.8 Å². The highest BCUT2D eigenvalue weighted by Gasteiger charge is 2.26. The van der Waals surface area contributed by atoms with Crippen molar-refractivity contribution in [1.82, 2.24) is 4.57 Å². The Hall–Kier alpha value is -4.13. The molecule has 0 aliphatic heterocycles. The number of aromatic hydroxyl groups is 2. The van der Waals surface area contributed by atoms with Gasteiger partial charge in [-0.1, -0.05) is 48.5 Å². The molecule has 1 unspecified atom stereocenters.